The third-order valence-electron chi connectivity index (χ3n) is 4.65. The minimum absolute atomic E-state index is 0.133. The molecule has 2 atom stereocenters. The number of ether oxygens (including phenoxy) is 2. The van der Waals surface area contributed by atoms with Crippen LogP contribution in [-0.2, 0) is 16.1 Å². The van der Waals surface area contributed by atoms with Gasteiger partial charge < -0.3 is 9.47 Å². The molecule has 0 saturated carbocycles. The van der Waals surface area contributed by atoms with Gasteiger partial charge in [0.05, 0.1) is 24.9 Å². The fraction of sp³-hybridized carbons (Fsp3) is 0.400. The first-order valence-corrected chi connectivity index (χ1v) is 8.26. The van der Waals surface area contributed by atoms with E-state index in [0.29, 0.717) is 12.2 Å². The van der Waals surface area contributed by atoms with Crippen LogP contribution < -0.4 is 0 Å². The van der Waals surface area contributed by atoms with E-state index in [1.54, 1.807) is 12.1 Å². The second kappa shape index (κ2) is 7.24. The van der Waals surface area contributed by atoms with E-state index in [4.69, 9.17) is 9.47 Å². The Hall–Kier alpha value is -1.71. The molecule has 3 heteroatoms. The standard InChI is InChI=1S/C20H23FO2/c1-2-20(15-22-14-17-10-6-7-11-18(17)21)13-12-19(23-20)16-8-4-3-5-9-16/h3-11,19H,2,12-15H2,1H3. The fourth-order valence-electron chi connectivity index (χ4n) is 3.15. The van der Waals surface area contributed by atoms with Crippen LogP contribution in [0.4, 0.5) is 4.39 Å². The maximum Gasteiger partial charge on any atom is 0.128 e. The number of rotatable bonds is 6. The van der Waals surface area contributed by atoms with Crippen LogP contribution in [0, 0.1) is 5.82 Å². The lowest BCUT2D eigenvalue weighted by atomic mass is 9.97. The van der Waals surface area contributed by atoms with E-state index in [9.17, 15) is 4.39 Å². The lowest BCUT2D eigenvalue weighted by Gasteiger charge is -2.28. The van der Waals surface area contributed by atoms with Gasteiger partial charge >= 0.3 is 0 Å². The van der Waals surface area contributed by atoms with Gasteiger partial charge in [-0.2, -0.15) is 0 Å². The van der Waals surface area contributed by atoms with Gasteiger partial charge in [0.15, 0.2) is 0 Å². The molecule has 0 bridgehead atoms. The second-order valence-electron chi connectivity index (χ2n) is 6.18. The molecule has 1 heterocycles. The molecule has 2 aromatic carbocycles. The van der Waals surface area contributed by atoms with E-state index in [1.807, 2.05) is 24.3 Å². The Morgan fingerprint density at radius 1 is 1.13 bits per heavy atom. The van der Waals surface area contributed by atoms with Crippen molar-refractivity contribution < 1.29 is 13.9 Å². The predicted molar refractivity (Wildman–Crippen MR) is 88.6 cm³/mol. The molecular weight excluding hydrogens is 291 g/mol. The summed E-state index contributed by atoms with van der Waals surface area (Å²) in [5, 5.41) is 0. The van der Waals surface area contributed by atoms with Gasteiger partial charge in [0.1, 0.15) is 5.82 Å². The minimum Gasteiger partial charge on any atom is -0.374 e. The van der Waals surface area contributed by atoms with Crippen LogP contribution >= 0.6 is 0 Å². The number of hydrogen-bond donors (Lipinski definition) is 0. The maximum absolute atomic E-state index is 13.6. The SMILES string of the molecule is CCC1(COCc2ccccc2F)CCC(c2ccccc2)O1. The molecular formula is C20H23FO2. The predicted octanol–water partition coefficient (Wildman–Crippen LogP) is 5.04. The molecule has 1 saturated heterocycles. The second-order valence-corrected chi connectivity index (χ2v) is 6.18. The minimum atomic E-state index is -0.258. The first kappa shape index (κ1) is 16.2. The zero-order chi connectivity index (χ0) is 16.1. The van der Waals surface area contributed by atoms with Crippen LogP contribution in [-0.4, -0.2) is 12.2 Å². The Kier molecular flexibility index (Phi) is 5.09. The van der Waals surface area contributed by atoms with E-state index in [1.165, 1.54) is 11.6 Å². The summed E-state index contributed by atoms with van der Waals surface area (Å²) in [6.07, 6.45) is 3.00. The Morgan fingerprint density at radius 2 is 1.87 bits per heavy atom. The lowest BCUT2D eigenvalue weighted by molar-refractivity contribution is -0.0981. The third kappa shape index (κ3) is 3.80. The molecule has 2 nitrogen and oxygen atoms in total. The van der Waals surface area contributed by atoms with E-state index in [0.717, 1.165) is 19.3 Å². The van der Waals surface area contributed by atoms with E-state index in [2.05, 4.69) is 19.1 Å². The van der Waals surface area contributed by atoms with Crippen molar-refractivity contribution in [1.82, 2.24) is 0 Å². The fourth-order valence-corrected chi connectivity index (χ4v) is 3.15. The van der Waals surface area contributed by atoms with Gasteiger partial charge in [0.25, 0.3) is 0 Å². The monoisotopic (exact) mass is 314 g/mol. The first-order chi connectivity index (χ1) is 11.2. The lowest BCUT2D eigenvalue weighted by Crippen LogP contribution is -2.33. The van der Waals surface area contributed by atoms with Crippen LogP contribution in [0.15, 0.2) is 54.6 Å². The summed E-state index contributed by atoms with van der Waals surface area (Å²) in [4.78, 5) is 0. The molecule has 1 aliphatic rings. The highest BCUT2D eigenvalue weighted by atomic mass is 19.1. The van der Waals surface area contributed by atoms with Gasteiger partial charge in [-0.05, 0) is 30.9 Å². The highest BCUT2D eigenvalue weighted by Gasteiger charge is 2.39. The maximum atomic E-state index is 13.6. The topological polar surface area (TPSA) is 18.5 Å². The Bertz CT molecular complexity index is 629. The molecule has 0 radical (unpaired) electrons. The van der Waals surface area contributed by atoms with E-state index >= 15 is 0 Å². The smallest absolute Gasteiger partial charge is 0.128 e. The average Bonchev–Trinajstić information content (AvgIpc) is 3.03. The van der Waals surface area contributed by atoms with Gasteiger partial charge in [-0.1, -0.05) is 55.5 Å². The summed E-state index contributed by atoms with van der Waals surface area (Å²) >= 11 is 0. The summed E-state index contributed by atoms with van der Waals surface area (Å²) in [7, 11) is 0. The quantitative estimate of drug-likeness (QED) is 0.743. The zero-order valence-electron chi connectivity index (χ0n) is 13.5. The molecule has 23 heavy (non-hydrogen) atoms. The number of halogens is 1. The van der Waals surface area contributed by atoms with E-state index < -0.39 is 0 Å². The molecule has 1 aliphatic heterocycles. The summed E-state index contributed by atoms with van der Waals surface area (Å²) < 4.78 is 25.8. The number of benzene rings is 2. The highest BCUT2D eigenvalue weighted by molar-refractivity contribution is 5.19. The molecule has 2 unspecified atom stereocenters. The molecule has 3 rings (SSSR count). The zero-order valence-corrected chi connectivity index (χ0v) is 13.5. The molecule has 0 N–H and O–H groups in total. The molecule has 0 aliphatic carbocycles. The normalized spacial score (nSPS) is 24.0. The van der Waals surface area contributed by atoms with Gasteiger partial charge in [-0.3, -0.25) is 0 Å². The van der Waals surface area contributed by atoms with Crippen molar-refractivity contribution in [1.29, 1.82) is 0 Å². The summed E-state index contributed by atoms with van der Waals surface area (Å²) in [5.41, 5.74) is 1.56. The summed E-state index contributed by atoms with van der Waals surface area (Å²) in [6.45, 7) is 2.91. The van der Waals surface area contributed by atoms with Crippen molar-refractivity contribution in [3.05, 3.63) is 71.5 Å². The van der Waals surface area contributed by atoms with Gasteiger partial charge in [0.2, 0.25) is 0 Å². The van der Waals surface area contributed by atoms with Crippen molar-refractivity contribution in [3.8, 4) is 0 Å². The summed E-state index contributed by atoms with van der Waals surface area (Å²) in [6, 6.07) is 17.1. The van der Waals surface area contributed by atoms with Crippen molar-refractivity contribution >= 4 is 0 Å². The highest BCUT2D eigenvalue weighted by Crippen LogP contribution is 2.41. The van der Waals surface area contributed by atoms with Crippen LogP contribution in [0.5, 0.6) is 0 Å². The van der Waals surface area contributed by atoms with Crippen molar-refractivity contribution in [2.75, 3.05) is 6.61 Å². The first-order valence-electron chi connectivity index (χ1n) is 8.26. The number of hydrogen-bond acceptors (Lipinski definition) is 2. The molecule has 0 spiro atoms. The molecule has 0 amide bonds. The molecule has 2 aromatic rings. The van der Waals surface area contributed by atoms with Crippen molar-refractivity contribution in [3.63, 3.8) is 0 Å². The van der Waals surface area contributed by atoms with Crippen LogP contribution in [0.3, 0.4) is 0 Å². The largest absolute Gasteiger partial charge is 0.374 e. The van der Waals surface area contributed by atoms with Gasteiger partial charge in [-0.25, -0.2) is 4.39 Å². The van der Waals surface area contributed by atoms with Gasteiger partial charge in [-0.15, -0.1) is 0 Å². The third-order valence-corrected chi connectivity index (χ3v) is 4.65. The Balaban J connectivity index is 1.59. The van der Waals surface area contributed by atoms with Crippen molar-refractivity contribution in [2.45, 2.75) is 44.5 Å². The van der Waals surface area contributed by atoms with Gasteiger partial charge in [0, 0.05) is 5.56 Å². The van der Waals surface area contributed by atoms with Crippen molar-refractivity contribution in [2.24, 2.45) is 0 Å². The molecule has 1 fully saturated rings. The Morgan fingerprint density at radius 3 is 2.61 bits per heavy atom. The Labute approximate surface area is 137 Å². The molecule has 122 valence electrons. The average molecular weight is 314 g/mol. The van der Waals surface area contributed by atoms with Crippen LogP contribution in [0.1, 0.15) is 43.4 Å². The summed E-state index contributed by atoms with van der Waals surface area (Å²) in [5.74, 6) is -0.215. The van der Waals surface area contributed by atoms with E-state index in [-0.39, 0.29) is 24.1 Å². The molecule has 0 aromatic heterocycles. The van der Waals surface area contributed by atoms with Crippen LogP contribution in [0.25, 0.3) is 0 Å². The van der Waals surface area contributed by atoms with Crippen LogP contribution in [0.2, 0.25) is 0 Å².